The van der Waals surface area contributed by atoms with Gasteiger partial charge in [0.1, 0.15) is 0 Å². The zero-order valence-corrected chi connectivity index (χ0v) is 29.1. The van der Waals surface area contributed by atoms with Crippen molar-refractivity contribution in [2.24, 2.45) is 4.99 Å². The van der Waals surface area contributed by atoms with E-state index >= 15 is 0 Å². The van der Waals surface area contributed by atoms with Gasteiger partial charge in [0.2, 0.25) is 0 Å². The van der Waals surface area contributed by atoms with E-state index in [-0.39, 0.29) is 0 Å². The second-order valence-electron chi connectivity index (χ2n) is 12.9. The monoisotopic (exact) mass is 670 g/mol. The minimum Gasteiger partial charge on any atom is -0.309 e. The topological polar surface area (TPSA) is 17.3 Å². The Balaban J connectivity index is 1.15. The van der Waals surface area contributed by atoms with Crippen molar-refractivity contribution in [2.45, 2.75) is 11.8 Å². The van der Waals surface area contributed by atoms with Crippen LogP contribution in [-0.4, -0.2) is 10.3 Å². The quantitative estimate of drug-likeness (QED) is 0.172. The molecule has 1 aliphatic rings. The van der Waals surface area contributed by atoms with Crippen LogP contribution in [0.3, 0.4) is 0 Å². The summed E-state index contributed by atoms with van der Waals surface area (Å²) >= 11 is 1.79. The number of benzene rings is 7. The lowest BCUT2D eigenvalue weighted by molar-refractivity contribution is 1.18. The number of para-hydroxylation sites is 1. The molecule has 0 unspecified atom stereocenters. The summed E-state index contributed by atoms with van der Waals surface area (Å²) < 4.78 is 2.37. The highest BCUT2D eigenvalue weighted by molar-refractivity contribution is 8.05. The van der Waals surface area contributed by atoms with Gasteiger partial charge in [-0.1, -0.05) is 146 Å². The van der Waals surface area contributed by atoms with Crippen molar-refractivity contribution in [1.82, 2.24) is 4.57 Å². The summed E-state index contributed by atoms with van der Waals surface area (Å²) in [6.07, 6.45) is 0. The van der Waals surface area contributed by atoms with E-state index in [0.29, 0.717) is 0 Å². The number of hydrogen-bond donors (Lipinski definition) is 0. The normalized spacial score (nSPS) is 14.3. The van der Waals surface area contributed by atoms with Gasteiger partial charge in [-0.25, -0.2) is 4.99 Å². The van der Waals surface area contributed by atoms with Crippen molar-refractivity contribution >= 4 is 50.5 Å². The molecule has 2 heterocycles. The summed E-state index contributed by atoms with van der Waals surface area (Å²) in [5, 5.41) is 2.45. The van der Waals surface area contributed by atoms with Crippen LogP contribution in [0.4, 0.5) is 0 Å². The molecule has 242 valence electrons. The second kappa shape index (κ2) is 12.9. The van der Waals surface area contributed by atoms with E-state index in [4.69, 9.17) is 4.99 Å². The maximum atomic E-state index is 5.26. The van der Waals surface area contributed by atoms with E-state index in [9.17, 15) is 0 Å². The number of rotatable bonds is 6. The first-order valence-corrected chi connectivity index (χ1v) is 18.1. The third-order valence-corrected chi connectivity index (χ3v) is 11.1. The highest BCUT2D eigenvalue weighted by Gasteiger charge is 2.26. The molecule has 0 fully saturated rings. The number of nitrogens with zero attached hydrogens (tertiary/aromatic N) is 2. The lowest BCUT2D eigenvalue weighted by Crippen LogP contribution is -2.00. The van der Waals surface area contributed by atoms with Crippen LogP contribution in [0.1, 0.15) is 23.6 Å². The summed E-state index contributed by atoms with van der Waals surface area (Å²) in [5.74, 6) is 0. The molecule has 1 aliphatic heterocycles. The highest BCUT2D eigenvalue weighted by atomic mass is 32.2. The van der Waals surface area contributed by atoms with E-state index in [1.165, 1.54) is 53.9 Å². The van der Waals surface area contributed by atoms with E-state index < -0.39 is 0 Å². The van der Waals surface area contributed by atoms with Crippen LogP contribution in [0.2, 0.25) is 0 Å². The van der Waals surface area contributed by atoms with Crippen LogP contribution in [-0.2, 0) is 0 Å². The Morgan fingerprint density at radius 3 is 1.78 bits per heavy atom. The number of thioether (sulfide) groups is 1. The van der Waals surface area contributed by atoms with Gasteiger partial charge in [-0.05, 0) is 88.8 Å². The summed E-state index contributed by atoms with van der Waals surface area (Å²) in [6, 6.07) is 62.7. The van der Waals surface area contributed by atoms with Gasteiger partial charge in [0, 0.05) is 37.4 Å². The maximum absolute atomic E-state index is 5.26. The molecule has 51 heavy (non-hydrogen) atoms. The summed E-state index contributed by atoms with van der Waals surface area (Å²) in [7, 11) is 0. The van der Waals surface area contributed by atoms with Gasteiger partial charge in [-0.15, -0.1) is 0 Å². The Morgan fingerprint density at radius 2 is 1.08 bits per heavy atom. The first-order valence-electron chi connectivity index (χ1n) is 17.2. The van der Waals surface area contributed by atoms with Crippen LogP contribution in [0.15, 0.2) is 197 Å². The van der Waals surface area contributed by atoms with Crippen molar-refractivity contribution in [2.75, 3.05) is 0 Å². The SMILES string of the molecule is C=C(N=C1/C(=C(\C)c2ccccc2)Sc2ccccc21)c1cccc(-c2ccc3c(c2)c2cc(-c4ccccc4)ccc2n3-c2ccccc2)c1. The van der Waals surface area contributed by atoms with Crippen LogP contribution >= 0.6 is 11.8 Å². The predicted octanol–water partition coefficient (Wildman–Crippen LogP) is 13.1. The van der Waals surface area contributed by atoms with Crippen molar-refractivity contribution in [3.05, 3.63) is 204 Å². The average molecular weight is 671 g/mol. The Hall–Kier alpha value is -6.16. The van der Waals surface area contributed by atoms with Crippen LogP contribution in [0.25, 0.3) is 61.0 Å². The zero-order valence-electron chi connectivity index (χ0n) is 28.3. The molecule has 8 aromatic rings. The van der Waals surface area contributed by atoms with Gasteiger partial charge in [0.15, 0.2) is 0 Å². The molecule has 2 nitrogen and oxygen atoms in total. The van der Waals surface area contributed by atoms with Crippen molar-refractivity contribution < 1.29 is 0 Å². The number of allylic oxidation sites excluding steroid dienone is 2. The first kappa shape index (κ1) is 30.9. The van der Waals surface area contributed by atoms with E-state index in [0.717, 1.165) is 39.3 Å². The van der Waals surface area contributed by atoms with Crippen LogP contribution in [0.5, 0.6) is 0 Å². The second-order valence-corrected chi connectivity index (χ2v) is 14.0. The molecule has 9 rings (SSSR count). The number of hydrogen-bond acceptors (Lipinski definition) is 2. The smallest absolute Gasteiger partial charge is 0.0862 e. The molecule has 0 spiro atoms. The third-order valence-electron chi connectivity index (χ3n) is 9.78. The molecule has 1 aromatic heterocycles. The van der Waals surface area contributed by atoms with Gasteiger partial charge in [-0.3, -0.25) is 0 Å². The van der Waals surface area contributed by atoms with E-state index in [1.807, 2.05) is 0 Å². The molecule has 0 amide bonds. The first-order chi connectivity index (χ1) is 25.1. The third kappa shape index (κ3) is 5.62. The fraction of sp³-hybridized carbons (Fsp3) is 0.0208. The number of aromatic nitrogens is 1. The molecule has 0 saturated carbocycles. The Labute approximate surface area is 302 Å². The Morgan fingerprint density at radius 1 is 0.529 bits per heavy atom. The average Bonchev–Trinajstić information content (AvgIpc) is 3.73. The van der Waals surface area contributed by atoms with Crippen LogP contribution < -0.4 is 0 Å². The maximum Gasteiger partial charge on any atom is 0.0862 e. The molecular formula is C48H34N2S. The lowest BCUT2D eigenvalue weighted by atomic mass is 9.98. The lowest BCUT2D eigenvalue weighted by Gasteiger charge is -2.10. The summed E-state index contributed by atoms with van der Waals surface area (Å²) in [5.41, 5.74) is 14.5. The minimum absolute atomic E-state index is 0.747. The van der Waals surface area contributed by atoms with E-state index in [1.54, 1.807) is 11.8 Å². The predicted molar refractivity (Wildman–Crippen MR) is 219 cm³/mol. The Kier molecular flexibility index (Phi) is 7.83. The van der Waals surface area contributed by atoms with Gasteiger partial charge >= 0.3 is 0 Å². The minimum atomic E-state index is 0.747. The van der Waals surface area contributed by atoms with Gasteiger partial charge in [0.25, 0.3) is 0 Å². The van der Waals surface area contributed by atoms with Gasteiger partial charge in [0.05, 0.1) is 22.4 Å². The van der Waals surface area contributed by atoms with Gasteiger partial charge in [-0.2, -0.15) is 0 Å². The zero-order chi connectivity index (χ0) is 34.3. The largest absolute Gasteiger partial charge is 0.309 e. The fourth-order valence-corrected chi connectivity index (χ4v) is 8.33. The van der Waals surface area contributed by atoms with Gasteiger partial charge < -0.3 is 4.57 Å². The summed E-state index contributed by atoms with van der Waals surface area (Å²) in [6.45, 7) is 6.70. The highest BCUT2D eigenvalue weighted by Crippen LogP contribution is 2.45. The molecule has 0 saturated heterocycles. The van der Waals surface area contributed by atoms with Crippen LogP contribution in [0, 0.1) is 0 Å². The number of fused-ring (bicyclic) bond motifs is 4. The van der Waals surface area contributed by atoms with E-state index in [2.05, 4.69) is 194 Å². The molecule has 3 heteroatoms. The molecule has 0 radical (unpaired) electrons. The molecular weight excluding hydrogens is 637 g/mol. The Bertz CT molecular complexity index is 2660. The van der Waals surface area contributed by atoms with Crippen molar-refractivity contribution in [1.29, 1.82) is 0 Å². The number of aliphatic imine (C=N–C) groups is 1. The van der Waals surface area contributed by atoms with Crippen molar-refractivity contribution in [3.8, 4) is 27.9 Å². The fourth-order valence-electron chi connectivity index (χ4n) is 7.16. The molecule has 0 aliphatic carbocycles. The molecule has 0 bridgehead atoms. The molecule has 7 aromatic carbocycles. The molecule has 0 atom stereocenters. The van der Waals surface area contributed by atoms with Crippen molar-refractivity contribution in [3.63, 3.8) is 0 Å². The summed E-state index contributed by atoms with van der Waals surface area (Å²) in [4.78, 5) is 7.66. The standard InChI is InChI=1S/C48H34N2S/c1-32(34-15-6-3-7-16-34)48-47(41-23-12-13-24-46(41)51-48)49-33(2)36-19-14-20-37(29-36)39-26-28-45-43(31-39)42-30-38(35-17-8-4-9-18-35)25-27-44(42)50(45)40-21-10-5-11-22-40/h3-31H,2H2,1H3/b48-32-,49-47?. The molecule has 0 N–H and O–H groups in total.